The number of benzene rings is 2. The summed E-state index contributed by atoms with van der Waals surface area (Å²) >= 11 is 0. The van der Waals surface area contributed by atoms with E-state index >= 15 is 0 Å². The largest absolute Gasteiger partial charge is 0.497 e. The number of halogens is 1. The molecule has 0 aliphatic rings. The fraction of sp³-hybridized carbons (Fsp3) is 0.278. The van der Waals surface area contributed by atoms with Crippen LogP contribution in [0.25, 0.3) is 0 Å². The van der Waals surface area contributed by atoms with Crippen molar-refractivity contribution in [3.05, 3.63) is 65.5 Å². The van der Waals surface area contributed by atoms with E-state index in [1.807, 2.05) is 24.3 Å². The quantitative estimate of drug-likeness (QED) is 0.798. The minimum absolute atomic E-state index is 0.0404. The smallest absolute Gasteiger partial charge is 0.224 e. The minimum atomic E-state index is -0.288. The molecule has 1 N–H and O–H groups in total. The number of hydrogen-bond donors (Lipinski definition) is 1. The van der Waals surface area contributed by atoms with Crippen LogP contribution in [0.2, 0.25) is 0 Å². The molecule has 2 aromatic carbocycles. The fourth-order valence-corrected chi connectivity index (χ4v) is 2.16. The lowest BCUT2D eigenvalue weighted by molar-refractivity contribution is -0.120. The molecule has 0 spiro atoms. The van der Waals surface area contributed by atoms with E-state index in [0.29, 0.717) is 6.54 Å². The normalized spacial score (nSPS) is 10.3. The van der Waals surface area contributed by atoms with E-state index in [-0.39, 0.29) is 18.1 Å². The van der Waals surface area contributed by atoms with Crippen LogP contribution in [0.5, 0.6) is 5.75 Å². The van der Waals surface area contributed by atoms with Gasteiger partial charge in [-0.05, 0) is 48.2 Å². The van der Waals surface area contributed by atoms with E-state index in [1.165, 1.54) is 17.7 Å². The molecule has 0 heterocycles. The molecule has 0 fully saturated rings. The first-order chi connectivity index (χ1) is 10.7. The molecule has 0 saturated heterocycles. The number of amides is 1. The van der Waals surface area contributed by atoms with Gasteiger partial charge in [-0.1, -0.05) is 24.3 Å². The second-order valence-electron chi connectivity index (χ2n) is 5.10. The van der Waals surface area contributed by atoms with Gasteiger partial charge in [-0.15, -0.1) is 0 Å². The van der Waals surface area contributed by atoms with Gasteiger partial charge in [0.15, 0.2) is 0 Å². The molecule has 4 heteroatoms. The number of rotatable bonds is 7. The van der Waals surface area contributed by atoms with Crippen molar-refractivity contribution in [2.45, 2.75) is 19.3 Å². The zero-order valence-electron chi connectivity index (χ0n) is 12.6. The number of carbonyl (C=O) groups is 1. The van der Waals surface area contributed by atoms with Crippen LogP contribution < -0.4 is 10.1 Å². The molecular weight excluding hydrogens is 281 g/mol. The van der Waals surface area contributed by atoms with Gasteiger partial charge in [0.1, 0.15) is 11.6 Å². The highest BCUT2D eigenvalue weighted by Crippen LogP contribution is 2.12. The Kier molecular flexibility index (Phi) is 5.95. The predicted octanol–water partition coefficient (Wildman–Crippen LogP) is 3.13. The Balaban J connectivity index is 1.67. The maximum atomic E-state index is 12.8. The van der Waals surface area contributed by atoms with Crippen molar-refractivity contribution in [1.82, 2.24) is 5.32 Å². The molecule has 0 aliphatic heterocycles. The Bertz CT molecular complexity index is 593. The zero-order valence-corrected chi connectivity index (χ0v) is 12.6. The lowest BCUT2D eigenvalue weighted by Crippen LogP contribution is -2.26. The van der Waals surface area contributed by atoms with E-state index < -0.39 is 0 Å². The van der Waals surface area contributed by atoms with Gasteiger partial charge in [-0.3, -0.25) is 4.79 Å². The van der Waals surface area contributed by atoms with Gasteiger partial charge in [-0.25, -0.2) is 4.39 Å². The van der Waals surface area contributed by atoms with Crippen molar-refractivity contribution < 1.29 is 13.9 Å². The second kappa shape index (κ2) is 8.17. The van der Waals surface area contributed by atoms with Crippen molar-refractivity contribution in [3.8, 4) is 5.75 Å². The Morgan fingerprint density at radius 2 is 1.68 bits per heavy atom. The topological polar surface area (TPSA) is 38.3 Å². The highest BCUT2D eigenvalue weighted by molar-refractivity contribution is 5.78. The highest BCUT2D eigenvalue weighted by Gasteiger charge is 2.03. The average molecular weight is 301 g/mol. The van der Waals surface area contributed by atoms with Gasteiger partial charge in [0.25, 0.3) is 0 Å². The summed E-state index contributed by atoms with van der Waals surface area (Å²) in [5, 5.41) is 2.88. The fourth-order valence-electron chi connectivity index (χ4n) is 2.16. The lowest BCUT2D eigenvalue weighted by atomic mass is 10.1. The molecule has 0 bridgehead atoms. The second-order valence-corrected chi connectivity index (χ2v) is 5.10. The maximum absolute atomic E-state index is 12.8. The van der Waals surface area contributed by atoms with Gasteiger partial charge in [0.05, 0.1) is 13.5 Å². The third kappa shape index (κ3) is 5.20. The van der Waals surface area contributed by atoms with Crippen molar-refractivity contribution in [3.63, 3.8) is 0 Å². The van der Waals surface area contributed by atoms with Crippen molar-refractivity contribution in [1.29, 1.82) is 0 Å². The van der Waals surface area contributed by atoms with Gasteiger partial charge >= 0.3 is 0 Å². The molecule has 0 unspecified atom stereocenters. The molecule has 0 aromatic heterocycles. The molecule has 22 heavy (non-hydrogen) atoms. The monoisotopic (exact) mass is 301 g/mol. The average Bonchev–Trinajstić information content (AvgIpc) is 2.54. The number of ether oxygens (including phenoxy) is 1. The summed E-state index contributed by atoms with van der Waals surface area (Å²) in [5.41, 5.74) is 2.03. The Labute approximate surface area is 130 Å². The first-order valence-electron chi connectivity index (χ1n) is 7.31. The van der Waals surface area contributed by atoms with Gasteiger partial charge in [0, 0.05) is 6.54 Å². The van der Waals surface area contributed by atoms with E-state index in [4.69, 9.17) is 4.74 Å². The van der Waals surface area contributed by atoms with Crippen molar-refractivity contribution >= 4 is 5.91 Å². The summed E-state index contributed by atoms with van der Waals surface area (Å²) in [5.74, 6) is 0.515. The molecule has 1 amide bonds. The molecule has 2 aromatic rings. The summed E-state index contributed by atoms with van der Waals surface area (Å²) in [6.07, 6.45) is 2.06. The molecule has 2 rings (SSSR count). The molecule has 0 atom stereocenters. The standard InChI is InChI=1S/C18H20FNO2/c1-22-17-10-6-14(7-11-17)3-2-12-20-18(21)13-15-4-8-16(19)9-5-15/h4-11H,2-3,12-13H2,1H3,(H,20,21). The van der Waals surface area contributed by atoms with Crippen LogP contribution in [0, 0.1) is 5.82 Å². The van der Waals surface area contributed by atoms with Crippen molar-refractivity contribution in [2.75, 3.05) is 13.7 Å². The van der Waals surface area contributed by atoms with Crippen LogP contribution in [0.4, 0.5) is 4.39 Å². The van der Waals surface area contributed by atoms with Crippen LogP contribution in [-0.4, -0.2) is 19.6 Å². The number of nitrogens with one attached hydrogen (secondary N) is 1. The summed E-state index contributed by atoms with van der Waals surface area (Å²) in [6.45, 7) is 0.631. The maximum Gasteiger partial charge on any atom is 0.224 e. The Hall–Kier alpha value is -2.36. The van der Waals surface area contributed by atoms with E-state index in [0.717, 1.165) is 24.2 Å². The van der Waals surface area contributed by atoms with Crippen LogP contribution >= 0.6 is 0 Å². The molecule has 0 aliphatic carbocycles. The van der Waals surface area contributed by atoms with E-state index in [9.17, 15) is 9.18 Å². The first-order valence-corrected chi connectivity index (χ1v) is 7.31. The van der Waals surface area contributed by atoms with Crippen LogP contribution in [0.1, 0.15) is 17.5 Å². The third-order valence-corrected chi connectivity index (χ3v) is 3.40. The number of carbonyl (C=O) groups excluding carboxylic acids is 1. The van der Waals surface area contributed by atoms with Gasteiger partial charge in [0.2, 0.25) is 5.91 Å². The summed E-state index contributed by atoms with van der Waals surface area (Å²) in [4.78, 5) is 11.8. The highest BCUT2D eigenvalue weighted by atomic mass is 19.1. The van der Waals surface area contributed by atoms with Crippen LogP contribution in [0.15, 0.2) is 48.5 Å². The minimum Gasteiger partial charge on any atom is -0.497 e. The van der Waals surface area contributed by atoms with Gasteiger partial charge < -0.3 is 10.1 Å². The molecule has 0 saturated carbocycles. The van der Waals surface area contributed by atoms with Crippen LogP contribution in [-0.2, 0) is 17.6 Å². The van der Waals surface area contributed by atoms with Crippen molar-refractivity contribution in [2.24, 2.45) is 0 Å². The predicted molar refractivity (Wildman–Crippen MR) is 84.4 cm³/mol. The Morgan fingerprint density at radius 3 is 2.32 bits per heavy atom. The summed E-state index contributed by atoms with van der Waals surface area (Å²) in [7, 11) is 1.64. The molecule has 0 radical (unpaired) electrons. The summed E-state index contributed by atoms with van der Waals surface area (Å²) in [6, 6.07) is 13.9. The lowest BCUT2D eigenvalue weighted by Gasteiger charge is -2.06. The SMILES string of the molecule is COc1ccc(CCCNC(=O)Cc2ccc(F)cc2)cc1. The van der Waals surface area contributed by atoms with E-state index in [2.05, 4.69) is 5.32 Å². The number of hydrogen-bond acceptors (Lipinski definition) is 2. The Morgan fingerprint density at radius 1 is 1.05 bits per heavy atom. The van der Waals surface area contributed by atoms with Gasteiger partial charge in [-0.2, -0.15) is 0 Å². The zero-order chi connectivity index (χ0) is 15.8. The molecular formula is C18H20FNO2. The molecule has 3 nitrogen and oxygen atoms in total. The number of methoxy groups -OCH3 is 1. The molecule has 116 valence electrons. The number of aryl methyl sites for hydroxylation is 1. The summed E-state index contributed by atoms with van der Waals surface area (Å²) < 4.78 is 17.9. The first kappa shape index (κ1) is 16.0. The van der Waals surface area contributed by atoms with E-state index in [1.54, 1.807) is 19.2 Å². The van der Waals surface area contributed by atoms with Crippen LogP contribution in [0.3, 0.4) is 0 Å². The third-order valence-electron chi connectivity index (χ3n) is 3.40.